The molecule has 1 aliphatic rings. The molecule has 0 saturated heterocycles. The maximum Gasteiger partial charge on any atom is 0.417 e. The summed E-state index contributed by atoms with van der Waals surface area (Å²) in [4.78, 5) is 16.1. The van der Waals surface area contributed by atoms with E-state index in [9.17, 15) is 22.4 Å². The van der Waals surface area contributed by atoms with E-state index in [2.05, 4.69) is 15.4 Å². The quantitative estimate of drug-likeness (QED) is 0.648. The number of hydrogen-bond acceptors (Lipinski definition) is 3. The highest BCUT2D eigenvalue weighted by Crippen LogP contribution is 2.37. The molecule has 0 radical (unpaired) electrons. The minimum Gasteiger partial charge on any atom is -0.352 e. The topological polar surface area (TPSA) is 59.8 Å². The van der Waals surface area contributed by atoms with Gasteiger partial charge < -0.3 is 5.32 Å². The van der Waals surface area contributed by atoms with Crippen LogP contribution >= 0.6 is 11.6 Å². The molecule has 0 atom stereocenters. The molecule has 0 bridgehead atoms. The molecule has 3 heterocycles. The van der Waals surface area contributed by atoms with E-state index in [1.54, 1.807) is 16.8 Å². The number of aromatic nitrogens is 3. The molecule has 1 aliphatic heterocycles. The third kappa shape index (κ3) is 3.69. The van der Waals surface area contributed by atoms with Crippen LogP contribution in [0.2, 0.25) is 5.02 Å². The van der Waals surface area contributed by atoms with Gasteiger partial charge in [0.1, 0.15) is 5.82 Å². The van der Waals surface area contributed by atoms with Crippen molar-refractivity contribution >= 4 is 17.5 Å². The Labute approximate surface area is 167 Å². The Morgan fingerprint density at radius 3 is 2.79 bits per heavy atom. The molecule has 29 heavy (non-hydrogen) atoms. The van der Waals surface area contributed by atoms with E-state index in [1.807, 2.05) is 0 Å². The molecule has 5 nitrogen and oxygen atoms in total. The van der Waals surface area contributed by atoms with Crippen LogP contribution in [-0.2, 0) is 19.0 Å². The van der Waals surface area contributed by atoms with Gasteiger partial charge in [-0.2, -0.15) is 18.3 Å². The van der Waals surface area contributed by atoms with Crippen LogP contribution in [0.15, 0.2) is 36.7 Å². The van der Waals surface area contributed by atoms with Gasteiger partial charge in [0.05, 0.1) is 33.7 Å². The molecule has 10 heteroatoms. The second kappa shape index (κ2) is 7.14. The summed E-state index contributed by atoms with van der Waals surface area (Å²) < 4.78 is 54.7. The van der Waals surface area contributed by atoms with Gasteiger partial charge in [-0.1, -0.05) is 11.6 Å². The maximum absolute atomic E-state index is 13.9. The molecule has 4 rings (SSSR count). The van der Waals surface area contributed by atoms with Crippen molar-refractivity contribution in [3.05, 3.63) is 75.6 Å². The van der Waals surface area contributed by atoms with Crippen molar-refractivity contribution in [2.75, 3.05) is 6.54 Å². The maximum atomic E-state index is 13.9. The van der Waals surface area contributed by atoms with Crippen LogP contribution in [0, 0.1) is 5.82 Å². The normalized spacial score (nSPS) is 13.9. The molecule has 0 unspecified atom stereocenters. The Bertz CT molecular complexity index is 1110. The summed E-state index contributed by atoms with van der Waals surface area (Å²) in [7, 11) is 0. The highest BCUT2D eigenvalue weighted by molar-refractivity contribution is 6.31. The number of alkyl halides is 3. The average molecular weight is 425 g/mol. The molecular formula is C19H13ClF4N4O. The van der Waals surface area contributed by atoms with E-state index in [4.69, 9.17) is 11.6 Å². The predicted molar refractivity (Wildman–Crippen MR) is 96.6 cm³/mol. The minimum absolute atomic E-state index is 0.0328. The molecule has 0 saturated carbocycles. The third-order valence-electron chi connectivity index (χ3n) is 4.58. The number of carbonyl (C=O) groups excluding carboxylic acids is 1. The molecular weight excluding hydrogens is 412 g/mol. The summed E-state index contributed by atoms with van der Waals surface area (Å²) in [6, 6.07) is 5.10. The number of hydrogen-bond donors (Lipinski definition) is 1. The summed E-state index contributed by atoms with van der Waals surface area (Å²) in [6.45, 7) is 0.486. The smallest absolute Gasteiger partial charge is 0.352 e. The highest BCUT2D eigenvalue weighted by Gasteiger charge is 2.35. The Morgan fingerprint density at radius 1 is 1.24 bits per heavy atom. The number of benzene rings is 1. The number of carbonyl (C=O) groups is 1. The lowest BCUT2D eigenvalue weighted by Crippen LogP contribution is -2.32. The molecule has 1 N–H and O–H groups in total. The fourth-order valence-corrected chi connectivity index (χ4v) is 3.49. The van der Waals surface area contributed by atoms with Gasteiger partial charge in [0.15, 0.2) is 0 Å². The van der Waals surface area contributed by atoms with Crippen LogP contribution in [0.3, 0.4) is 0 Å². The number of nitrogens with one attached hydrogen (secondary N) is 1. The SMILES string of the molecule is O=C1NCCc2c1cnn2-c1ccnc(Cc2cc(F)c(Cl)c(C(F)(F)F)c2)c1. The lowest BCUT2D eigenvalue weighted by molar-refractivity contribution is -0.137. The standard InChI is InChI=1S/C19H13ClF4N4O/c20-17-14(19(22,23)24)6-10(7-15(17)21)5-11-8-12(1-3-25-11)28-16-2-4-26-18(29)13(16)9-27-28/h1,3,6-9H,2,4-5H2,(H,26,29). The van der Waals surface area contributed by atoms with Gasteiger partial charge in [-0.15, -0.1) is 0 Å². The number of rotatable bonds is 3. The summed E-state index contributed by atoms with van der Waals surface area (Å²) in [5.74, 6) is -1.34. The van der Waals surface area contributed by atoms with Gasteiger partial charge in [-0.3, -0.25) is 9.78 Å². The first kappa shape index (κ1) is 19.4. The van der Waals surface area contributed by atoms with E-state index >= 15 is 0 Å². The van der Waals surface area contributed by atoms with Gasteiger partial charge in [0, 0.05) is 31.3 Å². The number of amides is 1. The summed E-state index contributed by atoms with van der Waals surface area (Å²) in [5.41, 5.74) is 1.11. The van der Waals surface area contributed by atoms with E-state index in [0.29, 0.717) is 29.9 Å². The van der Waals surface area contributed by atoms with Crippen molar-refractivity contribution in [1.82, 2.24) is 20.1 Å². The van der Waals surface area contributed by atoms with Gasteiger partial charge >= 0.3 is 6.18 Å². The fourth-order valence-electron chi connectivity index (χ4n) is 3.27. The Morgan fingerprint density at radius 2 is 2.03 bits per heavy atom. The van der Waals surface area contributed by atoms with Crippen molar-refractivity contribution in [2.24, 2.45) is 0 Å². The molecule has 1 amide bonds. The van der Waals surface area contributed by atoms with Crippen LogP contribution in [0.4, 0.5) is 17.6 Å². The summed E-state index contributed by atoms with van der Waals surface area (Å²) in [5, 5.41) is 6.02. The number of pyridine rings is 1. The number of fused-ring (bicyclic) bond motifs is 1. The van der Waals surface area contributed by atoms with Gasteiger partial charge in [-0.05, 0) is 29.8 Å². The molecule has 0 spiro atoms. The van der Waals surface area contributed by atoms with Crippen LogP contribution < -0.4 is 5.32 Å². The number of halogens is 5. The molecule has 3 aromatic rings. The lowest BCUT2D eigenvalue weighted by Gasteiger charge is -2.15. The Kier molecular flexibility index (Phi) is 4.77. The van der Waals surface area contributed by atoms with Crippen molar-refractivity contribution in [3.8, 4) is 5.69 Å². The first-order valence-corrected chi connectivity index (χ1v) is 8.97. The van der Waals surface area contributed by atoms with E-state index in [0.717, 1.165) is 17.8 Å². The highest BCUT2D eigenvalue weighted by atomic mass is 35.5. The second-order valence-electron chi connectivity index (χ2n) is 6.54. The van der Waals surface area contributed by atoms with Gasteiger partial charge in [-0.25, -0.2) is 9.07 Å². The Balaban J connectivity index is 1.68. The van der Waals surface area contributed by atoms with Crippen LogP contribution in [0.5, 0.6) is 0 Å². The first-order chi connectivity index (χ1) is 13.7. The third-order valence-corrected chi connectivity index (χ3v) is 4.97. The zero-order valence-corrected chi connectivity index (χ0v) is 15.5. The van der Waals surface area contributed by atoms with Crippen LogP contribution in [-0.4, -0.2) is 27.2 Å². The van der Waals surface area contributed by atoms with E-state index < -0.39 is 22.6 Å². The second-order valence-corrected chi connectivity index (χ2v) is 6.92. The monoisotopic (exact) mass is 424 g/mol. The molecule has 150 valence electrons. The van der Waals surface area contributed by atoms with E-state index in [1.165, 1.54) is 12.4 Å². The summed E-state index contributed by atoms with van der Waals surface area (Å²) in [6.07, 6.45) is -1.25. The van der Waals surface area contributed by atoms with Gasteiger partial charge in [0.25, 0.3) is 5.91 Å². The number of nitrogens with zero attached hydrogens (tertiary/aromatic N) is 3. The fraction of sp³-hybridized carbons (Fsp3) is 0.211. The minimum atomic E-state index is -4.77. The first-order valence-electron chi connectivity index (χ1n) is 8.59. The van der Waals surface area contributed by atoms with Crippen LogP contribution in [0.25, 0.3) is 5.69 Å². The van der Waals surface area contributed by atoms with Gasteiger partial charge in [0.2, 0.25) is 0 Å². The van der Waals surface area contributed by atoms with Crippen LogP contribution in [0.1, 0.15) is 32.9 Å². The summed E-state index contributed by atoms with van der Waals surface area (Å²) >= 11 is 5.47. The Hall–Kier alpha value is -2.94. The average Bonchev–Trinajstić information content (AvgIpc) is 3.09. The zero-order chi connectivity index (χ0) is 20.8. The molecule has 0 aliphatic carbocycles. The zero-order valence-electron chi connectivity index (χ0n) is 14.7. The van der Waals surface area contributed by atoms with Crippen molar-refractivity contribution in [3.63, 3.8) is 0 Å². The van der Waals surface area contributed by atoms with Crippen molar-refractivity contribution in [1.29, 1.82) is 0 Å². The predicted octanol–water partition coefficient (Wildman–Crippen LogP) is 3.96. The lowest BCUT2D eigenvalue weighted by atomic mass is 10.0. The largest absolute Gasteiger partial charge is 0.417 e. The molecule has 1 aromatic carbocycles. The van der Waals surface area contributed by atoms with E-state index in [-0.39, 0.29) is 17.9 Å². The molecule has 2 aromatic heterocycles. The van der Waals surface area contributed by atoms with Crippen molar-refractivity contribution in [2.45, 2.75) is 19.0 Å². The molecule has 0 fully saturated rings. The van der Waals surface area contributed by atoms with Crippen molar-refractivity contribution < 1.29 is 22.4 Å².